The molecule has 8 nitrogen and oxygen atoms in total. The first kappa shape index (κ1) is 20.0. The van der Waals surface area contributed by atoms with Crippen LogP contribution in [-0.2, 0) is 16.4 Å². The number of benzene rings is 2. The molecular formula is C19H22N4O4S. The van der Waals surface area contributed by atoms with Crippen LogP contribution < -0.4 is 5.43 Å². The molecular weight excluding hydrogens is 380 g/mol. The smallest absolute Gasteiger partial charge is 0.271 e. The second-order valence-corrected chi connectivity index (χ2v) is 8.29. The van der Waals surface area contributed by atoms with Crippen LogP contribution >= 0.6 is 0 Å². The monoisotopic (exact) mass is 402 g/mol. The van der Waals surface area contributed by atoms with Crippen molar-refractivity contribution in [1.29, 1.82) is 0 Å². The van der Waals surface area contributed by atoms with Crippen molar-refractivity contribution in [3.8, 4) is 0 Å². The number of sulfonamides is 1. The molecule has 0 aromatic heterocycles. The summed E-state index contributed by atoms with van der Waals surface area (Å²) < 4.78 is 26.5. The Labute approximate surface area is 164 Å². The Morgan fingerprint density at radius 3 is 2.54 bits per heavy atom. The Balaban J connectivity index is 1.93. The van der Waals surface area contributed by atoms with E-state index in [2.05, 4.69) is 10.5 Å². The van der Waals surface area contributed by atoms with E-state index in [1.165, 1.54) is 22.0 Å². The molecule has 2 aromatic carbocycles. The van der Waals surface area contributed by atoms with E-state index in [9.17, 15) is 18.5 Å². The summed E-state index contributed by atoms with van der Waals surface area (Å²) in [5, 5.41) is 15.9. The average molecular weight is 402 g/mol. The summed E-state index contributed by atoms with van der Waals surface area (Å²) in [4.78, 5) is 10.8. The maximum absolute atomic E-state index is 12.6. The molecule has 9 heteroatoms. The van der Waals surface area contributed by atoms with Gasteiger partial charge in [-0.25, -0.2) is 8.42 Å². The van der Waals surface area contributed by atoms with Gasteiger partial charge in [-0.3, -0.25) is 15.5 Å². The van der Waals surface area contributed by atoms with Crippen molar-refractivity contribution in [3.63, 3.8) is 0 Å². The molecule has 0 atom stereocenters. The van der Waals surface area contributed by atoms with Gasteiger partial charge in [-0.05, 0) is 30.5 Å². The first-order valence-corrected chi connectivity index (χ1v) is 10.5. The van der Waals surface area contributed by atoms with E-state index in [4.69, 9.17) is 0 Å². The zero-order valence-corrected chi connectivity index (χ0v) is 16.6. The summed E-state index contributed by atoms with van der Waals surface area (Å²) in [5.41, 5.74) is 5.62. The van der Waals surface area contributed by atoms with Gasteiger partial charge in [0.25, 0.3) is 5.69 Å². The van der Waals surface area contributed by atoms with Crippen LogP contribution in [0.4, 0.5) is 11.4 Å². The Morgan fingerprint density at radius 2 is 1.86 bits per heavy atom. The zero-order chi connectivity index (χ0) is 20.3. The van der Waals surface area contributed by atoms with Gasteiger partial charge in [-0.15, -0.1) is 0 Å². The molecule has 0 saturated carbocycles. The summed E-state index contributed by atoms with van der Waals surface area (Å²) >= 11 is 0. The van der Waals surface area contributed by atoms with Gasteiger partial charge in [0.2, 0.25) is 10.0 Å². The highest BCUT2D eigenvalue weighted by atomic mass is 32.2. The molecule has 0 fully saturated rings. The molecule has 1 N–H and O–H groups in total. The molecule has 0 saturated heterocycles. The number of nitro groups is 1. The first-order valence-electron chi connectivity index (χ1n) is 9.08. The van der Waals surface area contributed by atoms with Gasteiger partial charge in [0.1, 0.15) is 5.69 Å². The molecule has 0 amide bonds. The van der Waals surface area contributed by atoms with Crippen LogP contribution in [0.3, 0.4) is 0 Å². The fourth-order valence-corrected chi connectivity index (χ4v) is 4.76. The maximum Gasteiger partial charge on any atom is 0.295 e. The van der Waals surface area contributed by atoms with E-state index in [0.29, 0.717) is 13.1 Å². The molecule has 0 radical (unpaired) electrons. The van der Waals surface area contributed by atoms with Crippen LogP contribution in [0.1, 0.15) is 31.4 Å². The summed E-state index contributed by atoms with van der Waals surface area (Å²) in [6, 6.07) is 11.7. The van der Waals surface area contributed by atoms with Crippen molar-refractivity contribution in [2.45, 2.75) is 31.6 Å². The number of hydrogen-bond donors (Lipinski definition) is 1. The molecule has 1 aliphatic carbocycles. The second kappa shape index (κ2) is 8.07. The SMILES string of the molecule is CCN(CC)S(=O)(=O)c1ccc(N/N=C2/CCc3ccccc32)c([N+](=O)[O-])c1. The fourth-order valence-electron chi connectivity index (χ4n) is 3.28. The number of aryl methyl sites for hydroxylation is 1. The minimum Gasteiger partial charge on any atom is -0.271 e. The van der Waals surface area contributed by atoms with E-state index in [1.54, 1.807) is 13.8 Å². The van der Waals surface area contributed by atoms with E-state index in [1.807, 2.05) is 24.3 Å². The van der Waals surface area contributed by atoms with Crippen molar-refractivity contribution in [1.82, 2.24) is 4.31 Å². The van der Waals surface area contributed by atoms with E-state index in [-0.39, 0.29) is 16.3 Å². The number of hydrogen-bond acceptors (Lipinski definition) is 6. The lowest BCUT2D eigenvalue weighted by molar-refractivity contribution is -0.384. The molecule has 2 aromatic rings. The largest absolute Gasteiger partial charge is 0.295 e. The quantitative estimate of drug-likeness (QED) is 0.565. The Morgan fingerprint density at radius 1 is 1.14 bits per heavy atom. The number of hydrazone groups is 1. The van der Waals surface area contributed by atoms with Crippen LogP contribution in [0.5, 0.6) is 0 Å². The molecule has 3 rings (SSSR count). The number of nitro benzene ring substituents is 1. The molecule has 0 bridgehead atoms. The average Bonchev–Trinajstić information content (AvgIpc) is 3.10. The summed E-state index contributed by atoms with van der Waals surface area (Å²) in [5.74, 6) is 0. The van der Waals surface area contributed by atoms with Crippen LogP contribution in [0.25, 0.3) is 0 Å². The third kappa shape index (κ3) is 3.76. The third-order valence-electron chi connectivity index (χ3n) is 4.78. The van der Waals surface area contributed by atoms with Crippen molar-refractivity contribution in [3.05, 3.63) is 63.7 Å². The summed E-state index contributed by atoms with van der Waals surface area (Å²) in [7, 11) is -3.78. The van der Waals surface area contributed by atoms with Crippen molar-refractivity contribution in [2.75, 3.05) is 18.5 Å². The maximum atomic E-state index is 12.6. The molecule has 148 valence electrons. The predicted molar refractivity (Wildman–Crippen MR) is 108 cm³/mol. The third-order valence-corrected chi connectivity index (χ3v) is 6.83. The second-order valence-electron chi connectivity index (χ2n) is 6.35. The van der Waals surface area contributed by atoms with Crippen LogP contribution in [0.2, 0.25) is 0 Å². The van der Waals surface area contributed by atoms with Crippen LogP contribution in [-0.4, -0.2) is 36.4 Å². The molecule has 0 spiro atoms. The highest BCUT2D eigenvalue weighted by Gasteiger charge is 2.26. The number of rotatable bonds is 7. The standard InChI is InChI=1S/C19H22N4O4S/c1-3-22(4-2)28(26,27)15-10-12-18(19(13-15)23(24)25)21-20-17-11-9-14-7-5-6-8-16(14)17/h5-8,10,12-13,21H,3-4,9,11H2,1-2H3/b20-17-. The minimum atomic E-state index is -3.78. The lowest BCUT2D eigenvalue weighted by Gasteiger charge is -2.18. The molecule has 28 heavy (non-hydrogen) atoms. The van der Waals surface area contributed by atoms with Gasteiger partial charge in [0, 0.05) is 24.7 Å². The highest BCUT2D eigenvalue weighted by Crippen LogP contribution is 2.30. The van der Waals surface area contributed by atoms with Gasteiger partial charge in [-0.1, -0.05) is 38.1 Å². The Hall–Kier alpha value is -2.78. The summed E-state index contributed by atoms with van der Waals surface area (Å²) in [6.45, 7) is 4.03. The first-order chi connectivity index (χ1) is 13.4. The number of nitrogens with zero attached hydrogens (tertiary/aromatic N) is 3. The van der Waals surface area contributed by atoms with E-state index in [0.717, 1.165) is 30.2 Å². The highest BCUT2D eigenvalue weighted by molar-refractivity contribution is 7.89. The fraction of sp³-hybridized carbons (Fsp3) is 0.316. The molecule has 0 unspecified atom stereocenters. The van der Waals surface area contributed by atoms with Crippen LogP contribution in [0.15, 0.2) is 52.5 Å². The van der Waals surface area contributed by atoms with E-state index >= 15 is 0 Å². The normalized spacial score (nSPS) is 15.0. The van der Waals surface area contributed by atoms with Gasteiger partial charge in [0.05, 0.1) is 15.5 Å². The number of nitrogens with one attached hydrogen (secondary N) is 1. The number of anilines is 1. The Kier molecular flexibility index (Phi) is 5.76. The van der Waals surface area contributed by atoms with Crippen molar-refractivity contribution < 1.29 is 13.3 Å². The topological polar surface area (TPSA) is 105 Å². The van der Waals surface area contributed by atoms with Crippen molar-refractivity contribution >= 4 is 27.1 Å². The molecule has 1 aliphatic rings. The van der Waals surface area contributed by atoms with Gasteiger partial charge in [0.15, 0.2) is 0 Å². The van der Waals surface area contributed by atoms with Gasteiger partial charge in [-0.2, -0.15) is 9.41 Å². The minimum absolute atomic E-state index is 0.104. The lowest BCUT2D eigenvalue weighted by atomic mass is 10.1. The Bertz CT molecular complexity index is 1030. The van der Waals surface area contributed by atoms with Crippen molar-refractivity contribution in [2.24, 2.45) is 5.10 Å². The molecule has 0 heterocycles. The van der Waals surface area contributed by atoms with Gasteiger partial charge >= 0.3 is 0 Å². The number of fused-ring (bicyclic) bond motifs is 1. The van der Waals surface area contributed by atoms with E-state index < -0.39 is 14.9 Å². The lowest BCUT2D eigenvalue weighted by Crippen LogP contribution is -2.30. The van der Waals surface area contributed by atoms with Crippen LogP contribution in [0, 0.1) is 10.1 Å². The predicted octanol–water partition coefficient (Wildman–Crippen LogP) is 3.39. The molecule has 0 aliphatic heterocycles. The summed E-state index contributed by atoms with van der Waals surface area (Å²) in [6.07, 6.45) is 1.62. The zero-order valence-electron chi connectivity index (χ0n) is 15.8. The van der Waals surface area contributed by atoms with Gasteiger partial charge < -0.3 is 0 Å².